The van der Waals surface area contributed by atoms with Crippen molar-refractivity contribution < 1.29 is 4.79 Å². The molecule has 0 atom stereocenters. The molecule has 3 N–H and O–H groups in total. The van der Waals surface area contributed by atoms with E-state index in [1.54, 1.807) is 12.3 Å². The first-order chi connectivity index (χ1) is 14.0. The number of carbonyl (C=O) groups is 1. The molecular weight excluding hydrogens is 360 g/mol. The minimum absolute atomic E-state index is 0.111. The fourth-order valence-electron chi connectivity index (χ4n) is 3.14. The van der Waals surface area contributed by atoms with E-state index in [0.717, 1.165) is 28.0 Å². The number of fused-ring (bicyclic) bond motifs is 1. The molecule has 0 spiro atoms. The Kier molecular flexibility index (Phi) is 6.09. The molecule has 2 aromatic rings. The van der Waals surface area contributed by atoms with Gasteiger partial charge in [0.05, 0.1) is 11.3 Å². The van der Waals surface area contributed by atoms with E-state index in [-0.39, 0.29) is 5.91 Å². The molecule has 1 aromatic carbocycles. The molecule has 1 aliphatic rings. The average molecular weight is 384 g/mol. The van der Waals surface area contributed by atoms with Gasteiger partial charge in [0.25, 0.3) is 5.91 Å². The van der Waals surface area contributed by atoms with Crippen molar-refractivity contribution in [2.45, 2.75) is 13.5 Å². The SMILES string of the molecule is C=CC(=C)N/C=C(\C(=C)/C=C\C)c1ccc(Nc2ccccn2)c2c1CNC2=O. The van der Waals surface area contributed by atoms with E-state index in [4.69, 9.17) is 0 Å². The van der Waals surface area contributed by atoms with Crippen LogP contribution in [-0.4, -0.2) is 10.9 Å². The summed E-state index contributed by atoms with van der Waals surface area (Å²) in [5.41, 5.74) is 5.56. The number of anilines is 2. The van der Waals surface area contributed by atoms with Crippen molar-refractivity contribution in [2.24, 2.45) is 0 Å². The highest BCUT2D eigenvalue weighted by molar-refractivity contribution is 6.06. The van der Waals surface area contributed by atoms with Gasteiger partial charge in [0.1, 0.15) is 5.82 Å². The Labute approximate surface area is 171 Å². The average Bonchev–Trinajstić information content (AvgIpc) is 3.12. The smallest absolute Gasteiger partial charge is 0.254 e. The van der Waals surface area contributed by atoms with Crippen molar-refractivity contribution in [2.75, 3.05) is 5.32 Å². The van der Waals surface area contributed by atoms with Crippen LogP contribution in [0.5, 0.6) is 0 Å². The molecule has 0 saturated carbocycles. The lowest BCUT2D eigenvalue weighted by atomic mass is 9.92. The van der Waals surface area contributed by atoms with Gasteiger partial charge in [0.15, 0.2) is 0 Å². The van der Waals surface area contributed by atoms with Gasteiger partial charge < -0.3 is 16.0 Å². The number of hydrogen-bond acceptors (Lipinski definition) is 4. The van der Waals surface area contributed by atoms with Gasteiger partial charge in [0, 0.05) is 30.2 Å². The number of aromatic nitrogens is 1. The Morgan fingerprint density at radius 3 is 2.76 bits per heavy atom. The second-order valence-corrected chi connectivity index (χ2v) is 6.49. The Hall–Kier alpha value is -3.86. The van der Waals surface area contributed by atoms with Gasteiger partial charge in [-0.25, -0.2) is 4.98 Å². The summed E-state index contributed by atoms with van der Waals surface area (Å²) in [5, 5.41) is 9.30. The van der Waals surface area contributed by atoms with Gasteiger partial charge in [-0.3, -0.25) is 4.79 Å². The fourth-order valence-corrected chi connectivity index (χ4v) is 3.14. The van der Waals surface area contributed by atoms with E-state index in [2.05, 4.69) is 40.7 Å². The molecule has 0 fully saturated rings. The summed E-state index contributed by atoms with van der Waals surface area (Å²) in [6.45, 7) is 14.2. The van der Waals surface area contributed by atoms with Crippen molar-refractivity contribution in [3.63, 3.8) is 0 Å². The van der Waals surface area contributed by atoms with E-state index in [0.29, 0.717) is 23.6 Å². The molecule has 0 radical (unpaired) electrons. The highest BCUT2D eigenvalue weighted by atomic mass is 16.1. The van der Waals surface area contributed by atoms with Crippen LogP contribution in [-0.2, 0) is 6.54 Å². The lowest BCUT2D eigenvalue weighted by Crippen LogP contribution is -2.13. The molecule has 146 valence electrons. The summed E-state index contributed by atoms with van der Waals surface area (Å²) >= 11 is 0. The lowest BCUT2D eigenvalue weighted by molar-refractivity contribution is 0.0966. The standard InChI is InChI=1S/C24H24N4O/c1-5-9-16(3)19(14-26-17(4)6-2)18-11-12-21(23-20(18)15-27-24(23)29)28-22-10-7-8-13-25-22/h5-14,26H,2-4,15H2,1H3,(H,25,28)(H,27,29)/b9-5-,19-14+. The monoisotopic (exact) mass is 384 g/mol. The van der Waals surface area contributed by atoms with Gasteiger partial charge in [0.2, 0.25) is 0 Å². The number of hydrogen-bond donors (Lipinski definition) is 3. The number of allylic oxidation sites excluding steroid dienone is 5. The minimum Gasteiger partial charge on any atom is -0.362 e. The maximum atomic E-state index is 12.6. The maximum absolute atomic E-state index is 12.6. The van der Waals surface area contributed by atoms with E-state index in [1.165, 1.54) is 0 Å². The van der Waals surface area contributed by atoms with Crippen LogP contribution < -0.4 is 16.0 Å². The molecule has 1 amide bonds. The third-order valence-corrected chi connectivity index (χ3v) is 4.55. The molecule has 2 heterocycles. The predicted molar refractivity (Wildman–Crippen MR) is 120 cm³/mol. The van der Waals surface area contributed by atoms with E-state index < -0.39 is 0 Å². The highest BCUT2D eigenvalue weighted by Gasteiger charge is 2.27. The topological polar surface area (TPSA) is 66.1 Å². The Balaban J connectivity index is 2.08. The molecule has 29 heavy (non-hydrogen) atoms. The van der Waals surface area contributed by atoms with Crippen molar-refractivity contribution in [3.8, 4) is 0 Å². The summed E-state index contributed by atoms with van der Waals surface area (Å²) in [4.78, 5) is 16.9. The first kappa shape index (κ1) is 19.9. The third-order valence-electron chi connectivity index (χ3n) is 4.55. The van der Waals surface area contributed by atoms with Crippen molar-refractivity contribution in [1.29, 1.82) is 0 Å². The number of nitrogens with one attached hydrogen (secondary N) is 3. The number of nitrogens with zero attached hydrogens (tertiary/aromatic N) is 1. The van der Waals surface area contributed by atoms with Crippen LogP contribution in [0.3, 0.4) is 0 Å². The molecule has 1 aromatic heterocycles. The van der Waals surface area contributed by atoms with Gasteiger partial charge >= 0.3 is 0 Å². The van der Waals surface area contributed by atoms with E-state index in [9.17, 15) is 4.79 Å². The minimum atomic E-state index is -0.111. The molecule has 0 bridgehead atoms. The molecule has 5 heteroatoms. The normalized spacial score (nSPS) is 13.0. The van der Waals surface area contributed by atoms with Crippen LogP contribution in [0.15, 0.2) is 92.0 Å². The van der Waals surface area contributed by atoms with Crippen LogP contribution in [0.25, 0.3) is 5.57 Å². The highest BCUT2D eigenvalue weighted by Crippen LogP contribution is 2.35. The lowest BCUT2D eigenvalue weighted by Gasteiger charge is -2.16. The largest absolute Gasteiger partial charge is 0.362 e. The molecule has 0 aliphatic carbocycles. The molecule has 0 saturated heterocycles. The predicted octanol–water partition coefficient (Wildman–Crippen LogP) is 4.83. The molecule has 3 rings (SSSR count). The van der Waals surface area contributed by atoms with E-state index >= 15 is 0 Å². The Morgan fingerprint density at radius 2 is 2.07 bits per heavy atom. The number of amides is 1. The number of rotatable bonds is 8. The first-order valence-corrected chi connectivity index (χ1v) is 9.27. The van der Waals surface area contributed by atoms with Crippen molar-refractivity contribution >= 4 is 23.0 Å². The van der Waals surface area contributed by atoms with Gasteiger partial charge in [-0.05, 0) is 47.9 Å². The molecule has 5 nitrogen and oxygen atoms in total. The summed E-state index contributed by atoms with van der Waals surface area (Å²) in [7, 11) is 0. The maximum Gasteiger partial charge on any atom is 0.254 e. The third kappa shape index (κ3) is 4.35. The Morgan fingerprint density at radius 1 is 1.24 bits per heavy atom. The van der Waals surface area contributed by atoms with Crippen LogP contribution >= 0.6 is 0 Å². The summed E-state index contributed by atoms with van der Waals surface area (Å²) in [6, 6.07) is 9.48. The van der Waals surface area contributed by atoms with Gasteiger partial charge in [-0.1, -0.05) is 44.0 Å². The zero-order valence-electron chi connectivity index (χ0n) is 16.5. The quantitative estimate of drug-likeness (QED) is 0.570. The van der Waals surface area contributed by atoms with Crippen LogP contribution in [0.1, 0.15) is 28.4 Å². The number of benzene rings is 1. The van der Waals surface area contributed by atoms with Crippen molar-refractivity contribution in [3.05, 3.63) is 109 Å². The Bertz CT molecular complexity index is 1030. The number of carbonyl (C=O) groups excluding carboxylic acids is 1. The molecule has 1 aliphatic heterocycles. The summed E-state index contributed by atoms with van der Waals surface area (Å²) < 4.78 is 0. The summed E-state index contributed by atoms with van der Waals surface area (Å²) in [5.74, 6) is 0.569. The van der Waals surface area contributed by atoms with Gasteiger partial charge in [-0.2, -0.15) is 0 Å². The first-order valence-electron chi connectivity index (χ1n) is 9.27. The van der Waals surface area contributed by atoms with Crippen LogP contribution in [0.2, 0.25) is 0 Å². The second kappa shape index (κ2) is 8.89. The van der Waals surface area contributed by atoms with Crippen LogP contribution in [0, 0.1) is 0 Å². The van der Waals surface area contributed by atoms with Gasteiger partial charge in [-0.15, -0.1) is 0 Å². The zero-order valence-corrected chi connectivity index (χ0v) is 16.5. The number of pyridine rings is 1. The molecule has 0 unspecified atom stereocenters. The summed E-state index contributed by atoms with van der Waals surface area (Å²) in [6.07, 6.45) is 9.05. The van der Waals surface area contributed by atoms with Crippen molar-refractivity contribution in [1.82, 2.24) is 15.6 Å². The van der Waals surface area contributed by atoms with Crippen LogP contribution in [0.4, 0.5) is 11.5 Å². The zero-order chi connectivity index (χ0) is 20.8. The molecular formula is C24H24N4O. The van der Waals surface area contributed by atoms with E-state index in [1.807, 2.05) is 55.6 Å². The second-order valence-electron chi connectivity index (χ2n) is 6.49. The fraction of sp³-hybridized carbons (Fsp3) is 0.0833.